The molecule has 0 fully saturated rings. The van der Waals surface area contributed by atoms with Crippen molar-refractivity contribution in [1.82, 2.24) is 0 Å². The number of hydrogen-bond donors (Lipinski definition) is 0. The van der Waals surface area contributed by atoms with Crippen molar-refractivity contribution in [2.75, 3.05) is 11.4 Å². The Morgan fingerprint density at radius 2 is 2.12 bits per heavy atom. The fourth-order valence-corrected chi connectivity index (χ4v) is 2.20. The molecule has 1 aromatic carbocycles. The van der Waals surface area contributed by atoms with Gasteiger partial charge in [0.15, 0.2) is 0 Å². The molecule has 0 aliphatic heterocycles. The van der Waals surface area contributed by atoms with Gasteiger partial charge in [-0.1, -0.05) is 13.0 Å². The molecule has 16 heavy (non-hydrogen) atoms. The highest BCUT2D eigenvalue weighted by molar-refractivity contribution is 9.10. The van der Waals surface area contributed by atoms with Crippen LogP contribution in [0.1, 0.15) is 32.8 Å². The highest BCUT2D eigenvalue weighted by atomic mass is 79.9. The van der Waals surface area contributed by atoms with Gasteiger partial charge in [0.1, 0.15) is 6.07 Å². The van der Waals surface area contributed by atoms with Crippen LogP contribution in [0.2, 0.25) is 0 Å². The molecule has 0 unspecified atom stereocenters. The van der Waals surface area contributed by atoms with Crippen LogP contribution in [0.4, 0.5) is 5.69 Å². The summed E-state index contributed by atoms with van der Waals surface area (Å²) < 4.78 is 0.870. The topological polar surface area (TPSA) is 27.0 Å². The maximum Gasteiger partial charge on any atom is 0.103 e. The lowest BCUT2D eigenvalue weighted by molar-refractivity contribution is 0.670. The smallest absolute Gasteiger partial charge is 0.103 e. The van der Waals surface area contributed by atoms with Crippen molar-refractivity contribution in [3.05, 3.63) is 28.2 Å². The van der Waals surface area contributed by atoms with E-state index in [2.05, 4.69) is 47.7 Å². The Labute approximate surface area is 106 Å². The second kappa shape index (κ2) is 5.91. The van der Waals surface area contributed by atoms with E-state index in [0.717, 1.165) is 28.7 Å². The van der Waals surface area contributed by atoms with Gasteiger partial charge in [0, 0.05) is 17.1 Å². The van der Waals surface area contributed by atoms with Gasteiger partial charge in [-0.3, -0.25) is 0 Å². The van der Waals surface area contributed by atoms with Crippen molar-refractivity contribution in [2.24, 2.45) is 0 Å². The monoisotopic (exact) mass is 280 g/mol. The predicted molar refractivity (Wildman–Crippen MR) is 71.6 cm³/mol. The lowest BCUT2D eigenvalue weighted by Crippen LogP contribution is -2.32. The Morgan fingerprint density at radius 3 is 2.62 bits per heavy atom. The fourth-order valence-electron chi connectivity index (χ4n) is 1.76. The number of nitriles is 1. The molecule has 0 atom stereocenters. The molecular weight excluding hydrogens is 264 g/mol. The lowest BCUT2D eigenvalue weighted by Gasteiger charge is -2.29. The number of hydrogen-bond acceptors (Lipinski definition) is 2. The van der Waals surface area contributed by atoms with Gasteiger partial charge < -0.3 is 4.90 Å². The van der Waals surface area contributed by atoms with E-state index >= 15 is 0 Å². The minimum atomic E-state index is 0.404. The highest BCUT2D eigenvalue weighted by Crippen LogP contribution is 2.28. The fraction of sp³-hybridized carbons (Fsp3) is 0.462. The normalized spacial score (nSPS) is 10.2. The standard InChI is InChI=1S/C13H17BrN2/c1-4-8-16(10(2)3)13-7-5-6-12(14)11(13)9-15/h5-7,10H,4,8H2,1-3H3. The molecule has 0 saturated heterocycles. The van der Waals surface area contributed by atoms with Crippen LogP contribution in [-0.4, -0.2) is 12.6 Å². The first-order chi connectivity index (χ1) is 7.61. The molecule has 0 saturated carbocycles. The molecule has 0 aromatic heterocycles. The average molecular weight is 281 g/mol. The minimum absolute atomic E-state index is 0.404. The van der Waals surface area contributed by atoms with Gasteiger partial charge >= 0.3 is 0 Å². The SMILES string of the molecule is CCCN(c1cccc(Br)c1C#N)C(C)C. The molecule has 0 radical (unpaired) electrons. The molecule has 0 amide bonds. The molecular formula is C13H17BrN2. The summed E-state index contributed by atoms with van der Waals surface area (Å²) >= 11 is 3.43. The molecule has 2 nitrogen and oxygen atoms in total. The third-order valence-corrected chi connectivity index (χ3v) is 3.16. The van der Waals surface area contributed by atoms with Gasteiger partial charge in [0.2, 0.25) is 0 Å². The third kappa shape index (κ3) is 2.76. The van der Waals surface area contributed by atoms with E-state index < -0.39 is 0 Å². The Bertz CT molecular complexity index is 393. The molecule has 3 heteroatoms. The zero-order valence-electron chi connectivity index (χ0n) is 10.00. The number of halogens is 1. The first-order valence-electron chi connectivity index (χ1n) is 5.57. The summed E-state index contributed by atoms with van der Waals surface area (Å²) in [5.41, 5.74) is 1.75. The van der Waals surface area contributed by atoms with Crippen LogP contribution < -0.4 is 4.90 Å². The van der Waals surface area contributed by atoms with Crippen LogP contribution in [-0.2, 0) is 0 Å². The van der Waals surface area contributed by atoms with Crippen molar-refractivity contribution in [3.63, 3.8) is 0 Å². The summed E-state index contributed by atoms with van der Waals surface area (Å²) in [4.78, 5) is 2.27. The zero-order valence-corrected chi connectivity index (χ0v) is 11.6. The summed E-state index contributed by atoms with van der Waals surface area (Å²) in [5, 5.41) is 9.19. The Morgan fingerprint density at radius 1 is 1.44 bits per heavy atom. The van der Waals surface area contributed by atoms with E-state index in [1.165, 1.54) is 0 Å². The molecule has 0 N–H and O–H groups in total. The van der Waals surface area contributed by atoms with Crippen molar-refractivity contribution >= 4 is 21.6 Å². The largest absolute Gasteiger partial charge is 0.368 e. The number of nitrogens with zero attached hydrogens (tertiary/aromatic N) is 2. The van der Waals surface area contributed by atoms with Crippen LogP contribution in [0.15, 0.2) is 22.7 Å². The number of rotatable bonds is 4. The summed E-state index contributed by atoms with van der Waals surface area (Å²) in [7, 11) is 0. The second-order valence-corrected chi connectivity index (χ2v) is 4.89. The van der Waals surface area contributed by atoms with Gasteiger partial charge in [0.05, 0.1) is 11.3 Å². The van der Waals surface area contributed by atoms with E-state index in [1.807, 2.05) is 18.2 Å². The lowest BCUT2D eigenvalue weighted by atomic mass is 10.1. The van der Waals surface area contributed by atoms with Crippen molar-refractivity contribution in [2.45, 2.75) is 33.2 Å². The molecule has 0 spiro atoms. The first kappa shape index (κ1) is 13.1. The van der Waals surface area contributed by atoms with Gasteiger partial charge in [-0.25, -0.2) is 0 Å². The number of benzene rings is 1. The van der Waals surface area contributed by atoms with E-state index in [0.29, 0.717) is 6.04 Å². The average Bonchev–Trinajstić information content (AvgIpc) is 2.25. The molecule has 86 valence electrons. The van der Waals surface area contributed by atoms with E-state index in [-0.39, 0.29) is 0 Å². The Kier molecular flexibility index (Phi) is 4.82. The minimum Gasteiger partial charge on any atom is -0.368 e. The summed E-state index contributed by atoms with van der Waals surface area (Å²) in [6, 6.07) is 8.57. The van der Waals surface area contributed by atoms with E-state index in [1.54, 1.807) is 0 Å². The zero-order chi connectivity index (χ0) is 12.1. The van der Waals surface area contributed by atoms with Crippen molar-refractivity contribution in [1.29, 1.82) is 5.26 Å². The van der Waals surface area contributed by atoms with Crippen LogP contribution in [0, 0.1) is 11.3 Å². The maximum absolute atomic E-state index is 9.19. The summed E-state index contributed by atoms with van der Waals surface area (Å²) in [6.07, 6.45) is 1.08. The highest BCUT2D eigenvalue weighted by Gasteiger charge is 2.15. The van der Waals surface area contributed by atoms with Crippen LogP contribution >= 0.6 is 15.9 Å². The third-order valence-electron chi connectivity index (χ3n) is 2.50. The predicted octanol–water partition coefficient (Wildman–Crippen LogP) is 3.95. The van der Waals surface area contributed by atoms with E-state index in [9.17, 15) is 5.26 Å². The van der Waals surface area contributed by atoms with E-state index in [4.69, 9.17) is 0 Å². The van der Waals surface area contributed by atoms with Gasteiger partial charge in [-0.2, -0.15) is 5.26 Å². The van der Waals surface area contributed by atoms with Crippen LogP contribution in [0.5, 0.6) is 0 Å². The second-order valence-electron chi connectivity index (χ2n) is 4.03. The van der Waals surface area contributed by atoms with Gasteiger partial charge in [0.25, 0.3) is 0 Å². The van der Waals surface area contributed by atoms with Gasteiger partial charge in [-0.15, -0.1) is 0 Å². The molecule has 0 bridgehead atoms. The summed E-state index contributed by atoms with van der Waals surface area (Å²) in [5.74, 6) is 0. The molecule has 0 aliphatic carbocycles. The van der Waals surface area contributed by atoms with Crippen molar-refractivity contribution < 1.29 is 0 Å². The quantitative estimate of drug-likeness (QED) is 0.835. The molecule has 0 aliphatic rings. The Balaban J connectivity index is 3.19. The van der Waals surface area contributed by atoms with Crippen LogP contribution in [0.3, 0.4) is 0 Å². The van der Waals surface area contributed by atoms with Crippen molar-refractivity contribution in [3.8, 4) is 6.07 Å². The Hall–Kier alpha value is -1.01. The van der Waals surface area contributed by atoms with Gasteiger partial charge in [-0.05, 0) is 48.3 Å². The first-order valence-corrected chi connectivity index (χ1v) is 6.36. The maximum atomic E-state index is 9.19. The molecule has 0 heterocycles. The van der Waals surface area contributed by atoms with Crippen LogP contribution in [0.25, 0.3) is 0 Å². The molecule has 1 rings (SSSR count). The summed E-state index contributed by atoms with van der Waals surface area (Å²) in [6.45, 7) is 7.43. The number of anilines is 1. The molecule has 1 aromatic rings.